The van der Waals surface area contributed by atoms with Gasteiger partial charge in [0.25, 0.3) is 0 Å². The average molecular weight is 443 g/mol. The van der Waals surface area contributed by atoms with Gasteiger partial charge in [-0.3, -0.25) is 0 Å². The predicted octanol–water partition coefficient (Wildman–Crippen LogP) is 6.82. The van der Waals surface area contributed by atoms with E-state index in [0.717, 1.165) is 10.8 Å². The molecule has 2 aliphatic rings. The van der Waals surface area contributed by atoms with Crippen molar-refractivity contribution in [1.82, 2.24) is 0 Å². The lowest BCUT2D eigenvalue weighted by Gasteiger charge is -2.33. The molecule has 3 unspecified atom stereocenters. The minimum Gasteiger partial charge on any atom is -0.488 e. The van der Waals surface area contributed by atoms with Crippen LogP contribution < -0.4 is 4.74 Å². The average Bonchev–Trinajstić information content (AvgIpc) is 2.77. The van der Waals surface area contributed by atoms with Gasteiger partial charge in [-0.25, -0.2) is 0 Å². The molecule has 0 radical (unpaired) electrons. The number of hydrogen-bond acceptors (Lipinski definition) is 1. The normalized spacial score (nSPS) is 34.2. The molecular formula is C17H10Cl6O. The Labute approximate surface area is 169 Å². The summed E-state index contributed by atoms with van der Waals surface area (Å²) in [6, 6.07) is 13.7. The topological polar surface area (TPSA) is 9.23 Å². The van der Waals surface area contributed by atoms with Crippen LogP contribution in [0.3, 0.4) is 0 Å². The van der Waals surface area contributed by atoms with Crippen molar-refractivity contribution < 1.29 is 4.74 Å². The molecule has 2 aromatic carbocycles. The van der Waals surface area contributed by atoms with E-state index >= 15 is 0 Å². The monoisotopic (exact) mass is 440 g/mol. The molecule has 126 valence electrons. The number of fused-ring (bicyclic) bond motifs is 3. The Morgan fingerprint density at radius 1 is 0.875 bits per heavy atom. The zero-order chi connectivity index (χ0) is 17.3. The molecule has 24 heavy (non-hydrogen) atoms. The number of ether oxygens (including phenoxy) is 1. The second-order valence-electron chi connectivity index (χ2n) is 6.03. The largest absolute Gasteiger partial charge is 0.488 e. The summed E-state index contributed by atoms with van der Waals surface area (Å²) in [4.78, 5) is -2.67. The first-order valence-electron chi connectivity index (χ1n) is 7.19. The van der Waals surface area contributed by atoms with E-state index in [4.69, 9.17) is 74.3 Å². The van der Waals surface area contributed by atoms with Gasteiger partial charge in [-0.2, -0.15) is 0 Å². The van der Waals surface area contributed by atoms with Gasteiger partial charge in [-0.1, -0.05) is 76.7 Å². The van der Waals surface area contributed by atoms with Crippen LogP contribution in [0.1, 0.15) is 6.42 Å². The van der Waals surface area contributed by atoms with Crippen molar-refractivity contribution in [2.24, 2.45) is 0 Å². The first-order chi connectivity index (χ1) is 11.2. The van der Waals surface area contributed by atoms with Gasteiger partial charge in [0.05, 0.1) is 10.1 Å². The number of alkyl halides is 4. The van der Waals surface area contributed by atoms with Gasteiger partial charge in [0.15, 0.2) is 9.21 Å². The molecule has 4 rings (SSSR count). The molecule has 0 aromatic heterocycles. The molecule has 7 heteroatoms. The van der Waals surface area contributed by atoms with E-state index in [1.54, 1.807) is 0 Å². The van der Waals surface area contributed by atoms with Crippen LogP contribution in [-0.2, 0) is 0 Å². The van der Waals surface area contributed by atoms with Crippen LogP contribution in [0, 0.1) is 0 Å². The summed E-state index contributed by atoms with van der Waals surface area (Å²) in [6.07, 6.45) is -0.352. The van der Waals surface area contributed by atoms with Crippen molar-refractivity contribution >= 4 is 80.4 Å². The SMILES string of the molecule is ClC1=C(Cl)C2(Cl)C(Oc3ccc4ccccc4c3)CC1(Cl)C2(Cl)Cl. The Balaban J connectivity index is 1.73. The van der Waals surface area contributed by atoms with E-state index in [0.29, 0.717) is 5.75 Å². The van der Waals surface area contributed by atoms with Gasteiger partial charge < -0.3 is 4.74 Å². The highest BCUT2D eigenvalue weighted by atomic mass is 35.5. The lowest BCUT2D eigenvalue weighted by atomic mass is 10.0. The zero-order valence-electron chi connectivity index (χ0n) is 12.0. The van der Waals surface area contributed by atoms with E-state index in [1.165, 1.54) is 0 Å². The van der Waals surface area contributed by atoms with Gasteiger partial charge in [0, 0.05) is 6.42 Å². The van der Waals surface area contributed by atoms with Crippen LogP contribution in [0.4, 0.5) is 0 Å². The Morgan fingerprint density at radius 3 is 2.17 bits per heavy atom. The van der Waals surface area contributed by atoms with E-state index in [9.17, 15) is 0 Å². The number of halogens is 6. The summed E-state index contributed by atoms with van der Waals surface area (Å²) in [5, 5.41) is 2.48. The Hall–Kier alpha value is -0.0200. The van der Waals surface area contributed by atoms with Crippen LogP contribution in [-0.4, -0.2) is 20.2 Å². The van der Waals surface area contributed by atoms with Gasteiger partial charge in [-0.15, -0.1) is 23.2 Å². The van der Waals surface area contributed by atoms with Crippen molar-refractivity contribution in [3.05, 3.63) is 52.5 Å². The molecule has 3 atom stereocenters. The second-order valence-corrected chi connectivity index (χ2v) is 9.36. The van der Waals surface area contributed by atoms with Crippen LogP contribution in [0.2, 0.25) is 0 Å². The molecule has 2 bridgehead atoms. The van der Waals surface area contributed by atoms with Crippen molar-refractivity contribution in [2.75, 3.05) is 0 Å². The summed E-state index contributed by atoms with van der Waals surface area (Å²) in [5.41, 5.74) is 0. The molecular weight excluding hydrogens is 433 g/mol. The van der Waals surface area contributed by atoms with Gasteiger partial charge in [0.2, 0.25) is 0 Å². The lowest BCUT2D eigenvalue weighted by Crippen LogP contribution is -2.47. The van der Waals surface area contributed by atoms with Crippen molar-refractivity contribution in [2.45, 2.75) is 26.6 Å². The molecule has 0 aliphatic heterocycles. The van der Waals surface area contributed by atoms with Gasteiger partial charge in [0.1, 0.15) is 16.7 Å². The Bertz CT molecular complexity index is 878. The number of rotatable bonds is 2. The van der Waals surface area contributed by atoms with Gasteiger partial charge >= 0.3 is 0 Å². The second kappa shape index (κ2) is 5.49. The van der Waals surface area contributed by atoms with Crippen molar-refractivity contribution in [3.8, 4) is 5.75 Å². The molecule has 1 saturated carbocycles. The van der Waals surface area contributed by atoms with E-state index in [2.05, 4.69) is 0 Å². The molecule has 0 amide bonds. The summed E-state index contributed by atoms with van der Waals surface area (Å²) < 4.78 is 4.51. The fourth-order valence-corrected chi connectivity index (χ4v) is 6.05. The zero-order valence-corrected chi connectivity index (χ0v) is 16.5. The predicted molar refractivity (Wildman–Crippen MR) is 103 cm³/mol. The highest BCUT2D eigenvalue weighted by Crippen LogP contribution is 2.72. The molecule has 0 spiro atoms. The van der Waals surface area contributed by atoms with E-state index in [1.807, 2.05) is 42.5 Å². The number of allylic oxidation sites excluding steroid dienone is 1. The fourth-order valence-electron chi connectivity index (χ4n) is 3.38. The van der Waals surface area contributed by atoms with E-state index in [-0.39, 0.29) is 16.5 Å². The molecule has 0 saturated heterocycles. The molecule has 1 nitrogen and oxygen atoms in total. The van der Waals surface area contributed by atoms with Crippen LogP contribution in [0.25, 0.3) is 10.8 Å². The minimum atomic E-state index is -1.57. The Kier molecular flexibility index (Phi) is 3.98. The molecule has 2 aromatic rings. The maximum absolute atomic E-state index is 6.71. The minimum absolute atomic E-state index is 0.142. The third-order valence-electron chi connectivity index (χ3n) is 4.72. The van der Waals surface area contributed by atoms with Gasteiger partial charge in [-0.05, 0) is 22.9 Å². The third-order valence-corrected chi connectivity index (χ3v) is 8.98. The maximum atomic E-state index is 6.71. The van der Waals surface area contributed by atoms with E-state index < -0.39 is 20.2 Å². The van der Waals surface area contributed by atoms with Crippen LogP contribution >= 0.6 is 69.6 Å². The molecule has 1 fully saturated rings. The number of hydrogen-bond donors (Lipinski definition) is 0. The first-order valence-corrected chi connectivity index (χ1v) is 9.46. The summed E-state index contributed by atoms with van der Waals surface area (Å²) in [6.45, 7) is 0. The summed E-state index contributed by atoms with van der Waals surface area (Å²) in [5.74, 6) is 0.635. The lowest BCUT2D eigenvalue weighted by molar-refractivity contribution is 0.184. The highest BCUT2D eigenvalue weighted by molar-refractivity contribution is 6.65. The third kappa shape index (κ3) is 2.03. The maximum Gasteiger partial charge on any atom is 0.170 e. The van der Waals surface area contributed by atoms with Crippen LogP contribution in [0.5, 0.6) is 5.75 Å². The van der Waals surface area contributed by atoms with Crippen molar-refractivity contribution in [1.29, 1.82) is 0 Å². The Morgan fingerprint density at radius 2 is 1.54 bits per heavy atom. The summed E-state index contributed by atoms with van der Waals surface area (Å²) in [7, 11) is 0. The quantitative estimate of drug-likeness (QED) is 0.463. The smallest absolute Gasteiger partial charge is 0.170 e. The van der Waals surface area contributed by atoms with Crippen LogP contribution in [0.15, 0.2) is 52.5 Å². The number of benzene rings is 2. The fraction of sp³-hybridized carbons (Fsp3) is 0.294. The van der Waals surface area contributed by atoms with Crippen molar-refractivity contribution in [3.63, 3.8) is 0 Å². The summed E-state index contributed by atoms with van der Waals surface area (Å²) >= 11 is 38.8. The molecule has 2 aliphatic carbocycles. The molecule has 0 N–H and O–H groups in total. The standard InChI is InChI=1S/C17H10Cl6O/c18-13-14(19)16(21)12(8-15(13,20)17(16,22)23)24-11-6-5-9-3-1-2-4-10(9)7-11/h1-7,12H,8H2. The molecule has 0 heterocycles. The highest BCUT2D eigenvalue weighted by Gasteiger charge is 2.79. The first kappa shape index (κ1) is 17.4.